The molecule has 1 aliphatic rings. The summed E-state index contributed by atoms with van der Waals surface area (Å²) in [5.74, 6) is -2.53. The van der Waals surface area contributed by atoms with Gasteiger partial charge in [-0.2, -0.15) is 4.31 Å². The second-order valence-corrected chi connectivity index (χ2v) is 9.20. The number of hydrogen-bond donors (Lipinski definition) is 1. The zero-order valence-electron chi connectivity index (χ0n) is 12.0. The summed E-state index contributed by atoms with van der Waals surface area (Å²) in [6.45, 7) is 1.53. The Morgan fingerprint density at radius 2 is 2.09 bits per heavy atom. The van der Waals surface area contributed by atoms with Crippen LogP contribution in [0.5, 0.6) is 0 Å². The number of sulfonamides is 1. The van der Waals surface area contributed by atoms with Crippen LogP contribution in [0.3, 0.4) is 0 Å². The molecule has 0 radical (unpaired) electrons. The minimum atomic E-state index is -4.05. The number of carboxylic acids is 1. The maximum atomic E-state index is 12.6. The van der Waals surface area contributed by atoms with Crippen LogP contribution in [0.1, 0.15) is 12.5 Å². The van der Waals surface area contributed by atoms with Gasteiger partial charge in [-0.25, -0.2) is 16.8 Å². The third kappa shape index (κ3) is 3.31. The van der Waals surface area contributed by atoms with Crippen LogP contribution in [-0.4, -0.2) is 56.3 Å². The van der Waals surface area contributed by atoms with Crippen LogP contribution in [0.25, 0.3) is 0 Å². The predicted molar refractivity (Wildman–Crippen MR) is 79.8 cm³/mol. The molecule has 1 aromatic carbocycles. The van der Waals surface area contributed by atoms with Gasteiger partial charge in [0.05, 0.1) is 16.4 Å². The van der Waals surface area contributed by atoms with Crippen molar-refractivity contribution in [3.05, 3.63) is 29.8 Å². The molecule has 1 unspecified atom stereocenters. The molecule has 1 aromatic rings. The summed E-state index contributed by atoms with van der Waals surface area (Å²) >= 11 is 0. The van der Waals surface area contributed by atoms with E-state index in [-0.39, 0.29) is 17.2 Å². The monoisotopic (exact) mass is 347 g/mol. The molecule has 1 N–H and O–H groups in total. The van der Waals surface area contributed by atoms with E-state index in [0.29, 0.717) is 6.42 Å². The lowest BCUT2D eigenvalue weighted by Gasteiger charge is -2.31. The summed E-state index contributed by atoms with van der Waals surface area (Å²) in [5.41, 5.74) is 0.803. The fourth-order valence-corrected chi connectivity index (χ4v) is 5.64. The summed E-state index contributed by atoms with van der Waals surface area (Å²) in [6, 6.07) is 4.64. The van der Waals surface area contributed by atoms with Crippen LogP contribution >= 0.6 is 0 Å². The molecule has 1 fully saturated rings. The Labute approximate surface area is 129 Å². The van der Waals surface area contributed by atoms with Crippen molar-refractivity contribution in [2.24, 2.45) is 0 Å². The van der Waals surface area contributed by atoms with E-state index in [1.807, 2.05) is 6.92 Å². The van der Waals surface area contributed by atoms with Gasteiger partial charge in [-0.15, -0.1) is 0 Å². The van der Waals surface area contributed by atoms with E-state index in [2.05, 4.69) is 0 Å². The molecule has 0 bridgehead atoms. The first-order valence-corrected chi connectivity index (χ1v) is 9.97. The van der Waals surface area contributed by atoms with Gasteiger partial charge in [0.1, 0.15) is 6.04 Å². The fourth-order valence-electron chi connectivity index (χ4n) is 2.34. The Morgan fingerprint density at radius 3 is 2.68 bits per heavy atom. The number of sulfone groups is 1. The van der Waals surface area contributed by atoms with E-state index in [4.69, 9.17) is 0 Å². The zero-order valence-corrected chi connectivity index (χ0v) is 13.6. The van der Waals surface area contributed by atoms with Crippen LogP contribution in [0.2, 0.25) is 0 Å². The fraction of sp³-hybridized carbons (Fsp3) is 0.462. The highest BCUT2D eigenvalue weighted by molar-refractivity contribution is 7.92. The van der Waals surface area contributed by atoms with Gasteiger partial charge >= 0.3 is 5.97 Å². The van der Waals surface area contributed by atoms with Crippen molar-refractivity contribution in [3.8, 4) is 0 Å². The van der Waals surface area contributed by atoms with Gasteiger partial charge in [0.2, 0.25) is 10.0 Å². The molecule has 0 spiro atoms. The maximum Gasteiger partial charge on any atom is 0.323 e. The molecule has 0 saturated carbocycles. The van der Waals surface area contributed by atoms with Crippen LogP contribution in [0.15, 0.2) is 29.2 Å². The zero-order chi connectivity index (χ0) is 16.5. The number of hydrogen-bond acceptors (Lipinski definition) is 5. The van der Waals surface area contributed by atoms with Gasteiger partial charge in [0.15, 0.2) is 9.84 Å². The molecule has 0 aromatic heterocycles. The number of aryl methyl sites for hydroxylation is 1. The summed E-state index contributed by atoms with van der Waals surface area (Å²) in [4.78, 5) is 11.3. The van der Waals surface area contributed by atoms with Crippen molar-refractivity contribution in [1.82, 2.24) is 4.31 Å². The molecule has 1 aliphatic heterocycles. The molecule has 0 aliphatic carbocycles. The van der Waals surface area contributed by atoms with Crippen molar-refractivity contribution < 1.29 is 26.7 Å². The van der Waals surface area contributed by atoms with E-state index in [9.17, 15) is 26.7 Å². The second kappa shape index (κ2) is 5.98. The summed E-state index contributed by atoms with van der Waals surface area (Å²) in [7, 11) is -7.60. The normalized spacial score (nSPS) is 22.3. The lowest BCUT2D eigenvalue weighted by atomic mass is 10.2. The van der Waals surface area contributed by atoms with Crippen LogP contribution < -0.4 is 0 Å². The molecule has 9 heteroatoms. The Hall–Kier alpha value is -1.45. The minimum absolute atomic E-state index is 0.0163. The van der Waals surface area contributed by atoms with Gasteiger partial charge < -0.3 is 5.11 Å². The standard InChI is InChI=1S/C13H17NO6S2/c1-2-10-4-3-5-11(8-10)22(19,20)14-6-7-21(17,18)9-12(14)13(15)16/h3-5,8,12H,2,6-7,9H2,1H3,(H,15,16). The van der Waals surface area contributed by atoms with Gasteiger partial charge in [-0.05, 0) is 24.1 Å². The molecule has 7 nitrogen and oxygen atoms in total. The van der Waals surface area contributed by atoms with Gasteiger partial charge in [0, 0.05) is 6.54 Å². The topological polar surface area (TPSA) is 109 Å². The minimum Gasteiger partial charge on any atom is -0.480 e. The number of carbonyl (C=O) groups is 1. The highest BCUT2D eigenvalue weighted by Crippen LogP contribution is 2.23. The summed E-state index contributed by atoms with van der Waals surface area (Å²) in [6.07, 6.45) is 0.639. The van der Waals surface area contributed by atoms with E-state index < -0.39 is 37.6 Å². The predicted octanol–water partition coefficient (Wildman–Crippen LogP) is 0.121. The van der Waals surface area contributed by atoms with Gasteiger partial charge in [-0.3, -0.25) is 4.79 Å². The van der Waals surface area contributed by atoms with E-state index in [1.165, 1.54) is 12.1 Å². The van der Waals surface area contributed by atoms with Gasteiger partial charge in [0.25, 0.3) is 0 Å². The Bertz CT molecular complexity index is 785. The maximum absolute atomic E-state index is 12.6. The highest BCUT2D eigenvalue weighted by atomic mass is 32.2. The third-order valence-corrected chi connectivity index (χ3v) is 7.11. The Balaban J connectivity index is 2.45. The molecular weight excluding hydrogens is 330 g/mol. The molecule has 1 atom stereocenters. The number of aliphatic carboxylic acids is 1. The average molecular weight is 347 g/mol. The highest BCUT2D eigenvalue weighted by Gasteiger charge is 2.42. The van der Waals surface area contributed by atoms with Crippen LogP contribution in [-0.2, 0) is 31.1 Å². The molecule has 2 rings (SSSR count). The molecular formula is C13H17NO6S2. The first-order chi connectivity index (χ1) is 10.2. The lowest BCUT2D eigenvalue weighted by Crippen LogP contribution is -2.54. The first kappa shape index (κ1) is 16.9. The van der Waals surface area contributed by atoms with Crippen molar-refractivity contribution in [2.75, 3.05) is 18.1 Å². The third-order valence-electron chi connectivity index (χ3n) is 3.58. The summed E-state index contributed by atoms with van der Waals surface area (Å²) in [5, 5.41) is 9.18. The van der Waals surface area contributed by atoms with Crippen molar-refractivity contribution in [3.63, 3.8) is 0 Å². The summed E-state index contributed by atoms with van der Waals surface area (Å²) < 4.78 is 49.2. The molecule has 0 amide bonds. The second-order valence-electron chi connectivity index (χ2n) is 5.09. The smallest absolute Gasteiger partial charge is 0.323 e. The number of carboxylic acid groups (broad SMARTS) is 1. The molecule has 122 valence electrons. The number of benzene rings is 1. The molecule has 1 heterocycles. The van der Waals surface area contributed by atoms with Gasteiger partial charge in [-0.1, -0.05) is 19.1 Å². The van der Waals surface area contributed by atoms with Crippen LogP contribution in [0, 0.1) is 0 Å². The van der Waals surface area contributed by atoms with E-state index in [0.717, 1.165) is 9.87 Å². The van der Waals surface area contributed by atoms with Crippen LogP contribution in [0.4, 0.5) is 0 Å². The largest absolute Gasteiger partial charge is 0.480 e. The van der Waals surface area contributed by atoms with Crippen molar-refractivity contribution in [2.45, 2.75) is 24.3 Å². The van der Waals surface area contributed by atoms with Crippen molar-refractivity contribution >= 4 is 25.8 Å². The average Bonchev–Trinajstić information content (AvgIpc) is 2.46. The molecule has 1 saturated heterocycles. The molecule has 22 heavy (non-hydrogen) atoms. The first-order valence-electron chi connectivity index (χ1n) is 6.71. The number of rotatable bonds is 4. The quantitative estimate of drug-likeness (QED) is 0.829. The van der Waals surface area contributed by atoms with E-state index >= 15 is 0 Å². The number of nitrogens with zero attached hydrogens (tertiary/aromatic N) is 1. The Kier molecular flexibility index (Phi) is 4.59. The lowest BCUT2D eigenvalue weighted by molar-refractivity contribution is -0.140. The SMILES string of the molecule is CCc1cccc(S(=O)(=O)N2CCS(=O)(=O)CC2C(=O)O)c1. The Morgan fingerprint density at radius 1 is 1.41 bits per heavy atom. The van der Waals surface area contributed by atoms with E-state index in [1.54, 1.807) is 12.1 Å². The van der Waals surface area contributed by atoms with Crippen molar-refractivity contribution in [1.29, 1.82) is 0 Å².